The van der Waals surface area contributed by atoms with Crippen molar-refractivity contribution < 1.29 is 9.94 Å². The van der Waals surface area contributed by atoms with Crippen LogP contribution >= 0.6 is 23.8 Å². The highest BCUT2D eigenvalue weighted by Gasteiger charge is 2.16. The number of hydrogen-bond acceptors (Lipinski definition) is 5. The summed E-state index contributed by atoms with van der Waals surface area (Å²) < 4.78 is 0. The third-order valence-electron chi connectivity index (χ3n) is 3.55. The van der Waals surface area contributed by atoms with E-state index < -0.39 is 6.10 Å². The molecule has 0 amide bonds. The third kappa shape index (κ3) is 5.51. The van der Waals surface area contributed by atoms with Crippen LogP contribution in [0.3, 0.4) is 0 Å². The SMILES string of the molecule is OC(CON=C(Cl)C1=CC=CCC1=S)CN1CCCCC1. The molecule has 1 saturated heterocycles. The van der Waals surface area contributed by atoms with Crippen molar-refractivity contribution in [1.82, 2.24) is 4.90 Å². The molecule has 1 aliphatic carbocycles. The fourth-order valence-electron chi connectivity index (χ4n) is 2.45. The van der Waals surface area contributed by atoms with Gasteiger partial charge in [-0.05, 0) is 25.9 Å². The van der Waals surface area contributed by atoms with Crippen molar-refractivity contribution in [3.63, 3.8) is 0 Å². The van der Waals surface area contributed by atoms with Crippen LogP contribution in [0.1, 0.15) is 25.7 Å². The first-order valence-electron chi connectivity index (χ1n) is 7.33. The summed E-state index contributed by atoms with van der Waals surface area (Å²) in [6, 6.07) is 0. The van der Waals surface area contributed by atoms with Crippen LogP contribution in [-0.2, 0) is 4.84 Å². The van der Waals surface area contributed by atoms with Crippen LogP contribution in [0.25, 0.3) is 0 Å². The molecule has 0 spiro atoms. The Morgan fingerprint density at radius 1 is 1.43 bits per heavy atom. The van der Waals surface area contributed by atoms with Crippen molar-refractivity contribution >= 4 is 33.9 Å². The number of nitrogens with zero attached hydrogens (tertiary/aromatic N) is 2. The third-order valence-corrected chi connectivity index (χ3v) is 4.21. The van der Waals surface area contributed by atoms with E-state index in [-0.39, 0.29) is 11.8 Å². The predicted molar refractivity (Wildman–Crippen MR) is 90.0 cm³/mol. The van der Waals surface area contributed by atoms with Gasteiger partial charge in [0, 0.05) is 23.4 Å². The van der Waals surface area contributed by atoms with Gasteiger partial charge in [0.05, 0.1) is 0 Å². The van der Waals surface area contributed by atoms with E-state index in [9.17, 15) is 5.11 Å². The van der Waals surface area contributed by atoms with Crippen LogP contribution < -0.4 is 0 Å². The fourth-order valence-corrected chi connectivity index (χ4v) is 2.99. The van der Waals surface area contributed by atoms with Gasteiger partial charge in [-0.2, -0.15) is 0 Å². The molecule has 0 saturated carbocycles. The van der Waals surface area contributed by atoms with Crippen LogP contribution in [0.4, 0.5) is 0 Å². The van der Waals surface area contributed by atoms with Gasteiger partial charge in [-0.25, -0.2) is 0 Å². The summed E-state index contributed by atoms with van der Waals surface area (Å²) in [5.41, 5.74) is 0.722. The van der Waals surface area contributed by atoms with Gasteiger partial charge in [0.15, 0.2) is 5.17 Å². The maximum atomic E-state index is 9.95. The lowest BCUT2D eigenvalue weighted by Crippen LogP contribution is -2.38. The van der Waals surface area contributed by atoms with Crippen molar-refractivity contribution in [2.24, 2.45) is 5.16 Å². The minimum absolute atomic E-state index is 0.141. The van der Waals surface area contributed by atoms with Gasteiger partial charge >= 0.3 is 0 Å². The number of piperidine rings is 1. The zero-order valence-corrected chi connectivity index (χ0v) is 13.6. The van der Waals surface area contributed by atoms with Gasteiger partial charge < -0.3 is 14.8 Å². The molecule has 0 bridgehead atoms. The Morgan fingerprint density at radius 2 is 2.19 bits per heavy atom. The molecule has 0 aromatic carbocycles. The number of oxime groups is 1. The molecule has 21 heavy (non-hydrogen) atoms. The molecule has 0 aromatic rings. The van der Waals surface area contributed by atoms with Crippen LogP contribution in [0.5, 0.6) is 0 Å². The first-order valence-corrected chi connectivity index (χ1v) is 8.11. The largest absolute Gasteiger partial charge is 0.392 e. The first-order chi connectivity index (χ1) is 10.2. The zero-order chi connectivity index (χ0) is 15.1. The Morgan fingerprint density at radius 3 is 2.90 bits per heavy atom. The fraction of sp³-hybridized carbons (Fsp3) is 0.600. The molecule has 1 fully saturated rings. The summed E-state index contributed by atoms with van der Waals surface area (Å²) >= 11 is 11.3. The van der Waals surface area contributed by atoms with E-state index in [0.29, 0.717) is 13.0 Å². The molecule has 2 aliphatic rings. The van der Waals surface area contributed by atoms with E-state index in [1.807, 2.05) is 18.2 Å². The Hall–Kier alpha value is -0.750. The highest BCUT2D eigenvalue weighted by Crippen LogP contribution is 2.14. The van der Waals surface area contributed by atoms with Crippen molar-refractivity contribution in [1.29, 1.82) is 0 Å². The van der Waals surface area contributed by atoms with E-state index in [0.717, 1.165) is 23.5 Å². The number of halogens is 1. The van der Waals surface area contributed by atoms with Gasteiger partial charge in [0.2, 0.25) is 0 Å². The molecule has 1 aliphatic heterocycles. The van der Waals surface area contributed by atoms with Gasteiger partial charge in [0.1, 0.15) is 12.7 Å². The molecule has 0 aromatic heterocycles. The molecule has 1 N–H and O–H groups in total. The van der Waals surface area contributed by atoms with Crippen molar-refractivity contribution in [3.8, 4) is 0 Å². The van der Waals surface area contributed by atoms with Crippen molar-refractivity contribution in [2.75, 3.05) is 26.2 Å². The van der Waals surface area contributed by atoms with E-state index in [1.54, 1.807) is 0 Å². The molecule has 1 unspecified atom stereocenters. The number of hydrogen-bond donors (Lipinski definition) is 1. The number of β-amino-alcohol motifs (C(OH)–C–C–N with tert-alkyl or cyclic N) is 1. The van der Waals surface area contributed by atoms with Gasteiger partial charge in [-0.3, -0.25) is 0 Å². The van der Waals surface area contributed by atoms with E-state index >= 15 is 0 Å². The standard InChI is InChI=1S/C15H21ClN2O2S/c16-15(13-6-2-3-7-14(13)21)17-20-11-12(19)10-18-8-4-1-5-9-18/h2-3,6,12,19H,1,4-5,7-11H2. The molecule has 6 heteroatoms. The average molecular weight is 329 g/mol. The minimum Gasteiger partial charge on any atom is -0.392 e. The normalized spacial score (nSPS) is 22.1. The Kier molecular flexibility index (Phi) is 6.83. The summed E-state index contributed by atoms with van der Waals surface area (Å²) in [4.78, 5) is 8.16. The smallest absolute Gasteiger partial charge is 0.176 e. The van der Waals surface area contributed by atoms with Crippen molar-refractivity contribution in [2.45, 2.75) is 31.8 Å². The summed E-state index contributed by atoms with van der Waals surface area (Å²) in [7, 11) is 0. The molecule has 1 heterocycles. The molecular weight excluding hydrogens is 308 g/mol. The lowest BCUT2D eigenvalue weighted by molar-refractivity contribution is 0.0161. The van der Waals surface area contributed by atoms with Gasteiger partial charge in [-0.1, -0.05) is 53.6 Å². The highest BCUT2D eigenvalue weighted by molar-refractivity contribution is 7.81. The minimum atomic E-state index is -0.552. The molecule has 4 nitrogen and oxygen atoms in total. The van der Waals surface area contributed by atoms with Crippen LogP contribution in [0, 0.1) is 0 Å². The maximum Gasteiger partial charge on any atom is 0.176 e. The number of rotatable bonds is 6. The van der Waals surface area contributed by atoms with Crippen LogP contribution in [0.2, 0.25) is 0 Å². The molecule has 0 radical (unpaired) electrons. The monoisotopic (exact) mass is 328 g/mol. The predicted octanol–water partition coefficient (Wildman–Crippen LogP) is 2.66. The van der Waals surface area contributed by atoms with Gasteiger partial charge in [0.25, 0.3) is 0 Å². The average Bonchev–Trinajstić information content (AvgIpc) is 2.48. The summed E-state index contributed by atoms with van der Waals surface area (Å²) in [6.45, 7) is 2.86. The second kappa shape index (κ2) is 8.63. The van der Waals surface area contributed by atoms with Gasteiger partial charge in [-0.15, -0.1) is 0 Å². The second-order valence-electron chi connectivity index (χ2n) is 5.33. The second-order valence-corrected chi connectivity index (χ2v) is 6.18. The molecule has 116 valence electrons. The van der Waals surface area contributed by atoms with E-state index in [2.05, 4.69) is 10.1 Å². The zero-order valence-electron chi connectivity index (χ0n) is 12.0. The Bertz CT molecular complexity index is 457. The quantitative estimate of drug-likeness (QED) is 0.462. The number of thiocarbonyl (C=S) groups is 1. The molecule has 2 rings (SSSR count). The maximum absolute atomic E-state index is 9.95. The Balaban J connectivity index is 1.74. The Labute approximate surface area is 136 Å². The number of allylic oxidation sites excluding steroid dienone is 4. The van der Waals surface area contributed by atoms with E-state index in [1.165, 1.54) is 19.3 Å². The first kappa shape index (κ1) is 16.6. The molecule has 1 atom stereocenters. The van der Waals surface area contributed by atoms with Crippen LogP contribution in [0.15, 0.2) is 29.0 Å². The number of likely N-dealkylation sites (tertiary alicyclic amines) is 1. The lowest BCUT2D eigenvalue weighted by Gasteiger charge is -2.27. The highest BCUT2D eigenvalue weighted by atomic mass is 35.5. The summed E-state index contributed by atoms with van der Waals surface area (Å²) in [6.07, 6.45) is 9.53. The lowest BCUT2D eigenvalue weighted by atomic mass is 10.1. The topological polar surface area (TPSA) is 45.1 Å². The molecular formula is C15H21ClN2O2S. The number of aliphatic hydroxyl groups is 1. The summed E-state index contributed by atoms with van der Waals surface area (Å²) in [5, 5.41) is 14.0. The van der Waals surface area contributed by atoms with Crippen LogP contribution in [-0.4, -0.2) is 52.4 Å². The number of aliphatic hydroxyl groups excluding tert-OH is 1. The van der Waals surface area contributed by atoms with E-state index in [4.69, 9.17) is 28.7 Å². The van der Waals surface area contributed by atoms with Crippen molar-refractivity contribution in [3.05, 3.63) is 23.8 Å². The summed E-state index contributed by atoms with van der Waals surface area (Å²) in [5.74, 6) is 0.